The van der Waals surface area contributed by atoms with Gasteiger partial charge in [-0.2, -0.15) is 0 Å². The summed E-state index contributed by atoms with van der Waals surface area (Å²) in [7, 11) is 1.27. The number of carbonyl (C=O) groups is 1. The maximum absolute atomic E-state index is 11.2. The van der Waals surface area contributed by atoms with Gasteiger partial charge in [0, 0.05) is 23.7 Å². The molecule has 0 bridgehead atoms. The lowest BCUT2D eigenvalue weighted by molar-refractivity contribution is -0.384. The van der Waals surface area contributed by atoms with Gasteiger partial charge in [0.15, 0.2) is 0 Å². The molecule has 2 rings (SSSR count). The number of ether oxygens (including phenoxy) is 1. The van der Waals surface area contributed by atoms with E-state index >= 15 is 0 Å². The topological polar surface area (TPSA) is 82.3 Å². The van der Waals surface area contributed by atoms with Crippen molar-refractivity contribution in [1.82, 2.24) is 4.98 Å². The van der Waals surface area contributed by atoms with Crippen molar-refractivity contribution >= 4 is 22.4 Å². The van der Waals surface area contributed by atoms with E-state index in [4.69, 9.17) is 0 Å². The number of carbonyl (C=O) groups excluding carboxylic acids is 1. The largest absolute Gasteiger partial charge is 0.464 e. The minimum atomic E-state index is -0.537. The van der Waals surface area contributed by atoms with Crippen LogP contribution in [0.1, 0.15) is 10.5 Å². The molecule has 0 aliphatic rings. The van der Waals surface area contributed by atoms with Crippen molar-refractivity contribution in [2.75, 3.05) is 7.11 Å². The third-order valence-corrected chi connectivity index (χ3v) is 2.31. The highest BCUT2D eigenvalue weighted by Gasteiger charge is 2.10. The fraction of sp³-hybridized carbons (Fsp3) is 0.0909. The lowest BCUT2D eigenvalue weighted by Crippen LogP contribution is -2.03. The van der Waals surface area contributed by atoms with Crippen LogP contribution in [0.5, 0.6) is 0 Å². The number of nitro benzene ring substituents is 1. The first-order valence-electron chi connectivity index (χ1n) is 4.74. The third kappa shape index (κ3) is 2.05. The van der Waals surface area contributed by atoms with Crippen molar-refractivity contribution in [1.29, 1.82) is 0 Å². The van der Waals surface area contributed by atoms with Crippen molar-refractivity contribution in [2.24, 2.45) is 0 Å². The van der Waals surface area contributed by atoms with E-state index in [-0.39, 0.29) is 11.4 Å². The zero-order valence-electron chi connectivity index (χ0n) is 8.91. The number of nitrogens with zero attached hydrogens (tertiary/aromatic N) is 2. The molecule has 0 aliphatic heterocycles. The van der Waals surface area contributed by atoms with E-state index in [1.54, 1.807) is 6.07 Å². The van der Waals surface area contributed by atoms with Gasteiger partial charge in [0.25, 0.3) is 5.69 Å². The van der Waals surface area contributed by atoms with Gasteiger partial charge in [-0.1, -0.05) is 0 Å². The molecular formula is C11H8N2O4. The Kier molecular flexibility index (Phi) is 2.70. The number of non-ortho nitro benzene ring substituents is 1. The van der Waals surface area contributed by atoms with Gasteiger partial charge in [0.2, 0.25) is 0 Å². The summed E-state index contributed by atoms with van der Waals surface area (Å²) in [5.74, 6) is -0.537. The van der Waals surface area contributed by atoms with E-state index in [2.05, 4.69) is 9.72 Å². The minimum absolute atomic E-state index is 0.00915. The van der Waals surface area contributed by atoms with Gasteiger partial charge >= 0.3 is 5.97 Å². The van der Waals surface area contributed by atoms with E-state index in [1.807, 2.05) is 0 Å². The van der Waals surface area contributed by atoms with E-state index in [0.29, 0.717) is 10.8 Å². The molecule has 0 atom stereocenters. The highest BCUT2D eigenvalue weighted by molar-refractivity contribution is 5.93. The Labute approximate surface area is 96.0 Å². The number of fused-ring (bicyclic) bond motifs is 1. The average molecular weight is 232 g/mol. The molecule has 0 saturated carbocycles. The summed E-state index contributed by atoms with van der Waals surface area (Å²) in [6.07, 6.45) is 1.41. The van der Waals surface area contributed by atoms with E-state index < -0.39 is 10.9 Å². The van der Waals surface area contributed by atoms with Crippen molar-refractivity contribution in [3.05, 3.63) is 46.3 Å². The number of nitro groups is 1. The highest BCUT2D eigenvalue weighted by atomic mass is 16.6. The molecule has 0 amide bonds. The van der Waals surface area contributed by atoms with Crippen LogP contribution in [0.3, 0.4) is 0 Å². The first-order chi connectivity index (χ1) is 8.11. The molecule has 1 aromatic heterocycles. The summed E-state index contributed by atoms with van der Waals surface area (Å²) in [6, 6.07) is 5.89. The molecule has 1 aromatic carbocycles. The maximum atomic E-state index is 11.2. The zero-order valence-corrected chi connectivity index (χ0v) is 8.91. The second-order valence-corrected chi connectivity index (χ2v) is 3.35. The molecule has 17 heavy (non-hydrogen) atoms. The maximum Gasteiger partial charge on any atom is 0.356 e. The molecule has 0 N–H and O–H groups in total. The van der Waals surface area contributed by atoms with Gasteiger partial charge in [-0.15, -0.1) is 0 Å². The van der Waals surface area contributed by atoms with E-state index in [0.717, 1.165) is 0 Å². The summed E-state index contributed by atoms with van der Waals surface area (Å²) in [5.41, 5.74) is 0.166. The van der Waals surface area contributed by atoms with Crippen molar-refractivity contribution in [3.63, 3.8) is 0 Å². The van der Waals surface area contributed by atoms with Gasteiger partial charge in [-0.3, -0.25) is 10.1 Å². The van der Waals surface area contributed by atoms with Crippen molar-refractivity contribution in [2.45, 2.75) is 0 Å². The van der Waals surface area contributed by atoms with Crippen LogP contribution in [0.4, 0.5) is 5.69 Å². The third-order valence-electron chi connectivity index (χ3n) is 2.31. The minimum Gasteiger partial charge on any atom is -0.464 e. The number of hydrogen-bond acceptors (Lipinski definition) is 5. The van der Waals surface area contributed by atoms with E-state index in [1.165, 1.54) is 31.5 Å². The Balaban J connectivity index is 2.54. The van der Waals surface area contributed by atoms with Gasteiger partial charge in [-0.25, -0.2) is 9.78 Å². The molecule has 2 aromatic rings. The second kappa shape index (κ2) is 4.17. The van der Waals surface area contributed by atoms with Crippen LogP contribution in [-0.4, -0.2) is 23.0 Å². The predicted molar refractivity (Wildman–Crippen MR) is 59.7 cm³/mol. The molecule has 1 heterocycles. The van der Waals surface area contributed by atoms with Crippen molar-refractivity contribution < 1.29 is 14.5 Å². The number of hydrogen-bond donors (Lipinski definition) is 0. The Morgan fingerprint density at radius 2 is 2.12 bits per heavy atom. The molecule has 0 unspecified atom stereocenters. The van der Waals surface area contributed by atoms with Gasteiger partial charge < -0.3 is 4.74 Å². The summed E-state index contributed by atoms with van der Waals surface area (Å²) >= 11 is 0. The quantitative estimate of drug-likeness (QED) is 0.448. The molecule has 0 radical (unpaired) electrons. The highest BCUT2D eigenvalue weighted by Crippen LogP contribution is 2.20. The standard InChI is InChI=1S/C11H8N2O4/c1-17-11(14)10-5-7-2-3-9(13(15)16)4-8(7)6-12-10/h2-6H,1H3. The van der Waals surface area contributed by atoms with Crippen LogP contribution in [-0.2, 0) is 4.74 Å². The zero-order chi connectivity index (χ0) is 12.4. The van der Waals surface area contributed by atoms with Crippen LogP contribution in [0, 0.1) is 10.1 Å². The van der Waals surface area contributed by atoms with Crippen LogP contribution in [0.25, 0.3) is 10.8 Å². The molecular weight excluding hydrogens is 224 g/mol. The molecule has 0 fully saturated rings. The van der Waals surface area contributed by atoms with Crippen molar-refractivity contribution in [3.8, 4) is 0 Å². The number of benzene rings is 1. The SMILES string of the molecule is COC(=O)c1cc2ccc([N+](=O)[O-])cc2cn1. The normalized spacial score (nSPS) is 10.2. The first-order valence-corrected chi connectivity index (χ1v) is 4.74. The number of esters is 1. The number of pyridine rings is 1. The van der Waals surface area contributed by atoms with Crippen LogP contribution >= 0.6 is 0 Å². The van der Waals surface area contributed by atoms with Crippen LogP contribution < -0.4 is 0 Å². The summed E-state index contributed by atoms with van der Waals surface area (Å²) < 4.78 is 4.54. The number of aromatic nitrogens is 1. The Morgan fingerprint density at radius 1 is 1.35 bits per heavy atom. The van der Waals surface area contributed by atoms with Gasteiger partial charge in [0.05, 0.1) is 12.0 Å². The monoisotopic (exact) mass is 232 g/mol. The smallest absolute Gasteiger partial charge is 0.356 e. The Morgan fingerprint density at radius 3 is 2.76 bits per heavy atom. The predicted octanol–water partition coefficient (Wildman–Crippen LogP) is 1.93. The lowest BCUT2D eigenvalue weighted by atomic mass is 10.1. The molecule has 86 valence electrons. The Bertz CT molecular complexity index is 609. The molecule has 6 nitrogen and oxygen atoms in total. The van der Waals surface area contributed by atoms with Gasteiger partial charge in [0.1, 0.15) is 5.69 Å². The number of methoxy groups -OCH3 is 1. The molecule has 0 aliphatic carbocycles. The Hall–Kier alpha value is -2.50. The van der Waals surface area contributed by atoms with Crippen LogP contribution in [0.2, 0.25) is 0 Å². The molecule has 6 heteroatoms. The first kappa shape index (κ1) is 11.0. The van der Waals surface area contributed by atoms with Gasteiger partial charge in [-0.05, 0) is 17.5 Å². The number of rotatable bonds is 2. The summed E-state index contributed by atoms with van der Waals surface area (Å²) in [5, 5.41) is 11.9. The fourth-order valence-corrected chi connectivity index (χ4v) is 1.46. The molecule has 0 saturated heterocycles. The molecule has 0 spiro atoms. The summed E-state index contributed by atoms with van der Waals surface area (Å²) in [4.78, 5) is 25.2. The van der Waals surface area contributed by atoms with Crippen LogP contribution in [0.15, 0.2) is 30.5 Å². The lowest BCUT2D eigenvalue weighted by Gasteiger charge is -2.01. The fourth-order valence-electron chi connectivity index (χ4n) is 1.46. The summed E-state index contributed by atoms with van der Waals surface area (Å²) in [6.45, 7) is 0. The van der Waals surface area contributed by atoms with E-state index in [9.17, 15) is 14.9 Å². The second-order valence-electron chi connectivity index (χ2n) is 3.35. The average Bonchev–Trinajstić information content (AvgIpc) is 2.36.